The largest absolute Gasteiger partial charge is 0.481 e. The zero-order valence-electron chi connectivity index (χ0n) is 12.0. The highest BCUT2D eigenvalue weighted by atomic mass is 16.4. The molecule has 2 heterocycles. The topological polar surface area (TPSA) is 80.9 Å². The van der Waals surface area contributed by atoms with Gasteiger partial charge < -0.3 is 5.11 Å². The molecule has 112 valence electrons. The molecule has 0 fully saturated rings. The molecule has 0 spiro atoms. The number of unbranched alkanes of at least 4 members (excludes halogenated alkanes) is 4. The van der Waals surface area contributed by atoms with Gasteiger partial charge in [-0.2, -0.15) is 0 Å². The van der Waals surface area contributed by atoms with E-state index in [1.165, 1.54) is 0 Å². The van der Waals surface area contributed by atoms with Gasteiger partial charge in [0.1, 0.15) is 5.69 Å². The maximum atomic E-state index is 10.4. The minimum Gasteiger partial charge on any atom is -0.481 e. The van der Waals surface area contributed by atoms with E-state index in [9.17, 15) is 4.79 Å². The van der Waals surface area contributed by atoms with Crippen LogP contribution in [0.2, 0.25) is 0 Å². The van der Waals surface area contributed by atoms with E-state index >= 15 is 0 Å². The van der Waals surface area contributed by atoms with Crippen molar-refractivity contribution in [2.24, 2.45) is 0 Å². The van der Waals surface area contributed by atoms with Gasteiger partial charge in [-0.3, -0.25) is 14.5 Å². The van der Waals surface area contributed by atoms with Crippen molar-refractivity contribution in [3.63, 3.8) is 0 Å². The summed E-state index contributed by atoms with van der Waals surface area (Å²) in [5, 5.41) is 16.8. The van der Waals surface area contributed by atoms with E-state index in [0.717, 1.165) is 49.9 Å². The van der Waals surface area contributed by atoms with Gasteiger partial charge >= 0.3 is 5.97 Å². The zero-order valence-corrected chi connectivity index (χ0v) is 12.0. The molecule has 0 aliphatic rings. The van der Waals surface area contributed by atoms with E-state index in [4.69, 9.17) is 5.11 Å². The lowest BCUT2D eigenvalue weighted by Crippen LogP contribution is -1.99. The summed E-state index contributed by atoms with van der Waals surface area (Å²) in [7, 11) is 0. The quantitative estimate of drug-likeness (QED) is 0.717. The summed E-state index contributed by atoms with van der Waals surface area (Å²) in [6.45, 7) is 0.839. The number of pyridine rings is 1. The van der Waals surface area contributed by atoms with E-state index in [2.05, 4.69) is 15.3 Å². The first-order valence-electron chi connectivity index (χ1n) is 7.28. The van der Waals surface area contributed by atoms with E-state index in [0.29, 0.717) is 0 Å². The minimum atomic E-state index is -0.708. The molecule has 6 nitrogen and oxygen atoms in total. The van der Waals surface area contributed by atoms with Crippen LogP contribution in [0.25, 0.3) is 11.3 Å². The molecule has 0 amide bonds. The summed E-state index contributed by atoms with van der Waals surface area (Å²) in [5.74, 6) is -0.708. The lowest BCUT2D eigenvalue weighted by atomic mass is 10.1. The molecule has 0 saturated carbocycles. The number of carboxylic acids is 1. The highest BCUT2D eigenvalue weighted by Gasteiger charge is 2.03. The molecule has 0 aromatic carbocycles. The van der Waals surface area contributed by atoms with Crippen LogP contribution in [0.15, 0.2) is 30.7 Å². The minimum absolute atomic E-state index is 0.275. The summed E-state index contributed by atoms with van der Waals surface area (Å²) >= 11 is 0. The van der Waals surface area contributed by atoms with Crippen molar-refractivity contribution in [1.29, 1.82) is 0 Å². The molecule has 0 radical (unpaired) electrons. The van der Waals surface area contributed by atoms with E-state index in [1.807, 2.05) is 23.0 Å². The standard InChI is InChI=1S/C15H20N4O2/c20-15(21)8-4-2-1-3-5-10-19-12-14(17-18-19)13-7-6-9-16-11-13/h6-7,9,11-12H,1-5,8,10H2,(H,20,21). The van der Waals surface area contributed by atoms with E-state index in [-0.39, 0.29) is 6.42 Å². The fourth-order valence-corrected chi connectivity index (χ4v) is 2.13. The molecule has 6 heteroatoms. The Morgan fingerprint density at radius 3 is 2.76 bits per heavy atom. The summed E-state index contributed by atoms with van der Waals surface area (Å²) in [6, 6.07) is 3.84. The highest BCUT2D eigenvalue weighted by molar-refractivity contribution is 5.66. The van der Waals surface area contributed by atoms with Gasteiger partial charge in [0.2, 0.25) is 0 Å². The molecule has 0 unspecified atom stereocenters. The average molecular weight is 288 g/mol. The van der Waals surface area contributed by atoms with Crippen molar-refractivity contribution < 1.29 is 9.90 Å². The summed E-state index contributed by atoms with van der Waals surface area (Å²) in [5.41, 5.74) is 1.81. The molecule has 0 aliphatic heterocycles. The van der Waals surface area contributed by atoms with Crippen molar-refractivity contribution in [1.82, 2.24) is 20.0 Å². The third-order valence-corrected chi connectivity index (χ3v) is 3.27. The number of aromatic nitrogens is 4. The normalized spacial score (nSPS) is 10.7. The predicted molar refractivity (Wildman–Crippen MR) is 78.6 cm³/mol. The average Bonchev–Trinajstić information content (AvgIpc) is 2.96. The van der Waals surface area contributed by atoms with Crippen LogP contribution in [-0.2, 0) is 11.3 Å². The second-order valence-electron chi connectivity index (χ2n) is 5.02. The third kappa shape index (κ3) is 5.33. The fraction of sp³-hybridized carbons (Fsp3) is 0.467. The number of hydrogen-bond donors (Lipinski definition) is 1. The molecule has 21 heavy (non-hydrogen) atoms. The van der Waals surface area contributed by atoms with Crippen LogP contribution < -0.4 is 0 Å². The van der Waals surface area contributed by atoms with Crippen molar-refractivity contribution in [3.05, 3.63) is 30.7 Å². The summed E-state index contributed by atoms with van der Waals surface area (Å²) in [6.07, 6.45) is 10.6. The van der Waals surface area contributed by atoms with Crippen molar-refractivity contribution in [2.45, 2.75) is 45.1 Å². The lowest BCUT2D eigenvalue weighted by molar-refractivity contribution is -0.137. The Morgan fingerprint density at radius 2 is 2.00 bits per heavy atom. The van der Waals surface area contributed by atoms with E-state index in [1.54, 1.807) is 12.4 Å². The van der Waals surface area contributed by atoms with Gasteiger partial charge in [-0.1, -0.05) is 24.5 Å². The molecule has 2 aromatic rings. The van der Waals surface area contributed by atoms with Crippen LogP contribution in [0, 0.1) is 0 Å². The van der Waals surface area contributed by atoms with Gasteiger partial charge in [0.05, 0.1) is 6.20 Å². The molecule has 0 aliphatic carbocycles. The zero-order chi connectivity index (χ0) is 14.9. The Labute approximate surface area is 123 Å². The van der Waals surface area contributed by atoms with Gasteiger partial charge in [0, 0.05) is 30.9 Å². The monoisotopic (exact) mass is 288 g/mol. The number of nitrogens with zero attached hydrogens (tertiary/aromatic N) is 4. The number of aryl methyl sites for hydroxylation is 1. The maximum Gasteiger partial charge on any atom is 0.303 e. The molecule has 2 aromatic heterocycles. The Bertz CT molecular complexity index is 554. The molecule has 0 saturated heterocycles. The van der Waals surface area contributed by atoms with Crippen molar-refractivity contribution in [3.8, 4) is 11.3 Å². The van der Waals surface area contributed by atoms with Crippen LogP contribution >= 0.6 is 0 Å². The Morgan fingerprint density at radius 1 is 1.19 bits per heavy atom. The van der Waals surface area contributed by atoms with Gasteiger partial charge in [-0.15, -0.1) is 5.10 Å². The second-order valence-corrected chi connectivity index (χ2v) is 5.02. The first-order valence-corrected chi connectivity index (χ1v) is 7.28. The Hall–Kier alpha value is -2.24. The maximum absolute atomic E-state index is 10.4. The summed E-state index contributed by atoms with van der Waals surface area (Å²) in [4.78, 5) is 14.4. The first-order chi connectivity index (χ1) is 10.3. The molecular formula is C15H20N4O2. The molecule has 0 bridgehead atoms. The number of aliphatic carboxylic acids is 1. The molecule has 2 rings (SSSR count). The smallest absolute Gasteiger partial charge is 0.303 e. The Balaban J connectivity index is 1.66. The highest BCUT2D eigenvalue weighted by Crippen LogP contribution is 2.14. The number of carboxylic acid groups (broad SMARTS) is 1. The Kier molecular flexibility index (Phi) is 5.87. The SMILES string of the molecule is O=C(O)CCCCCCCn1cc(-c2cccnc2)nn1. The number of carbonyl (C=O) groups is 1. The number of hydrogen-bond acceptors (Lipinski definition) is 4. The van der Waals surface area contributed by atoms with Gasteiger partial charge in [0.15, 0.2) is 0 Å². The van der Waals surface area contributed by atoms with Crippen LogP contribution in [0.1, 0.15) is 38.5 Å². The summed E-state index contributed by atoms with van der Waals surface area (Å²) < 4.78 is 1.85. The van der Waals surface area contributed by atoms with Crippen LogP contribution in [-0.4, -0.2) is 31.1 Å². The molecular weight excluding hydrogens is 268 g/mol. The van der Waals surface area contributed by atoms with Crippen LogP contribution in [0.3, 0.4) is 0 Å². The fourth-order valence-electron chi connectivity index (χ4n) is 2.13. The molecule has 0 atom stereocenters. The van der Waals surface area contributed by atoms with Crippen LogP contribution in [0.4, 0.5) is 0 Å². The first kappa shape index (κ1) is 15.2. The second kappa shape index (κ2) is 8.14. The van der Waals surface area contributed by atoms with Gasteiger partial charge in [-0.05, 0) is 25.0 Å². The van der Waals surface area contributed by atoms with Gasteiger partial charge in [0.25, 0.3) is 0 Å². The van der Waals surface area contributed by atoms with Crippen molar-refractivity contribution >= 4 is 5.97 Å². The lowest BCUT2D eigenvalue weighted by Gasteiger charge is -2.01. The predicted octanol–water partition coefficient (Wildman–Crippen LogP) is 2.77. The van der Waals surface area contributed by atoms with E-state index < -0.39 is 5.97 Å². The number of rotatable bonds is 9. The molecule has 1 N–H and O–H groups in total. The van der Waals surface area contributed by atoms with Crippen molar-refractivity contribution in [2.75, 3.05) is 0 Å². The van der Waals surface area contributed by atoms with Gasteiger partial charge in [-0.25, -0.2) is 0 Å². The third-order valence-electron chi connectivity index (χ3n) is 3.27. The van der Waals surface area contributed by atoms with Crippen LogP contribution in [0.5, 0.6) is 0 Å².